The summed E-state index contributed by atoms with van der Waals surface area (Å²) in [6.45, 7) is 2.12. The van der Waals surface area contributed by atoms with Crippen molar-refractivity contribution in [3.8, 4) is 0 Å². The zero-order valence-electron chi connectivity index (χ0n) is 9.64. The van der Waals surface area contributed by atoms with Gasteiger partial charge in [0.2, 0.25) is 0 Å². The van der Waals surface area contributed by atoms with Crippen molar-refractivity contribution in [2.45, 2.75) is 20.0 Å². The number of hydrogen-bond acceptors (Lipinski definition) is 2. The predicted octanol–water partition coefficient (Wildman–Crippen LogP) is 1.81. The summed E-state index contributed by atoms with van der Waals surface area (Å²) in [7, 11) is 1.85. The van der Waals surface area contributed by atoms with Crippen LogP contribution in [-0.2, 0) is 20.1 Å². The number of aromatic nitrogens is 2. The summed E-state index contributed by atoms with van der Waals surface area (Å²) in [4.78, 5) is 0. The van der Waals surface area contributed by atoms with Crippen LogP contribution in [0.5, 0.6) is 0 Å². The molecule has 0 aliphatic carbocycles. The molecule has 0 saturated carbocycles. The average Bonchev–Trinajstić information content (AvgIpc) is 2.62. The predicted molar refractivity (Wildman–Crippen MR) is 63.1 cm³/mol. The van der Waals surface area contributed by atoms with E-state index < -0.39 is 0 Å². The zero-order valence-corrected chi connectivity index (χ0v) is 9.64. The van der Waals surface area contributed by atoms with E-state index in [1.807, 2.05) is 13.1 Å². The Bertz CT molecular complexity index is 471. The number of aliphatic hydroxyl groups is 1. The van der Waals surface area contributed by atoms with Crippen LogP contribution in [0.2, 0.25) is 0 Å². The van der Waals surface area contributed by atoms with Gasteiger partial charge in [-0.3, -0.25) is 4.68 Å². The highest BCUT2D eigenvalue weighted by atomic mass is 16.3. The maximum absolute atomic E-state index is 9.07. The molecule has 3 nitrogen and oxygen atoms in total. The Morgan fingerprint density at radius 3 is 2.50 bits per heavy atom. The lowest BCUT2D eigenvalue weighted by Crippen LogP contribution is -1.97. The molecule has 0 amide bonds. The Morgan fingerprint density at radius 1 is 1.25 bits per heavy atom. The van der Waals surface area contributed by atoms with Gasteiger partial charge in [-0.1, -0.05) is 29.8 Å². The number of aryl methyl sites for hydroxylation is 2. The minimum absolute atomic E-state index is 0.0391. The third kappa shape index (κ3) is 2.31. The monoisotopic (exact) mass is 216 g/mol. The van der Waals surface area contributed by atoms with E-state index in [9.17, 15) is 0 Å². The third-order valence-electron chi connectivity index (χ3n) is 2.70. The number of hydrogen-bond donors (Lipinski definition) is 1. The minimum atomic E-state index is 0.0391. The molecule has 1 aromatic heterocycles. The molecular formula is C13H16N2O. The summed E-state index contributed by atoms with van der Waals surface area (Å²) in [5.41, 5.74) is 4.35. The zero-order chi connectivity index (χ0) is 11.5. The maximum atomic E-state index is 9.07. The molecule has 0 atom stereocenters. The van der Waals surface area contributed by atoms with Crippen molar-refractivity contribution in [1.29, 1.82) is 0 Å². The van der Waals surface area contributed by atoms with Crippen LogP contribution in [0, 0.1) is 6.92 Å². The Balaban J connectivity index is 2.17. The fraction of sp³-hybridized carbons (Fsp3) is 0.308. The number of aliphatic hydroxyl groups excluding tert-OH is 1. The molecule has 16 heavy (non-hydrogen) atoms. The van der Waals surface area contributed by atoms with Gasteiger partial charge in [-0.15, -0.1) is 0 Å². The first-order chi connectivity index (χ1) is 7.69. The van der Waals surface area contributed by atoms with E-state index in [0.29, 0.717) is 0 Å². The van der Waals surface area contributed by atoms with Gasteiger partial charge in [0.1, 0.15) is 0 Å². The highest BCUT2D eigenvalue weighted by molar-refractivity contribution is 5.26. The first kappa shape index (κ1) is 10.9. The number of nitrogens with zero attached hydrogens (tertiary/aromatic N) is 2. The van der Waals surface area contributed by atoms with Crippen molar-refractivity contribution in [3.63, 3.8) is 0 Å². The molecule has 84 valence electrons. The van der Waals surface area contributed by atoms with E-state index in [4.69, 9.17) is 5.11 Å². The van der Waals surface area contributed by atoms with Crippen LogP contribution in [0.15, 0.2) is 30.3 Å². The van der Waals surface area contributed by atoms with E-state index >= 15 is 0 Å². The van der Waals surface area contributed by atoms with Gasteiger partial charge in [0.05, 0.1) is 18.0 Å². The summed E-state index contributed by atoms with van der Waals surface area (Å²) in [5.74, 6) is 0. The van der Waals surface area contributed by atoms with Gasteiger partial charge < -0.3 is 5.11 Å². The van der Waals surface area contributed by atoms with E-state index in [-0.39, 0.29) is 6.61 Å². The van der Waals surface area contributed by atoms with Crippen LogP contribution in [0.25, 0.3) is 0 Å². The highest BCUT2D eigenvalue weighted by Gasteiger charge is 2.04. The molecule has 1 heterocycles. The van der Waals surface area contributed by atoms with Gasteiger partial charge in [0.15, 0.2) is 0 Å². The summed E-state index contributed by atoms with van der Waals surface area (Å²) >= 11 is 0. The average molecular weight is 216 g/mol. The van der Waals surface area contributed by atoms with Crippen LogP contribution in [0.4, 0.5) is 0 Å². The third-order valence-corrected chi connectivity index (χ3v) is 2.70. The number of rotatable bonds is 3. The lowest BCUT2D eigenvalue weighted by Gasteiger charge is -1.98. The van der Waals surface area contributed by atoms with Crippen molar-refractivity contribution in [1.82, 2.24) is 9.78 Å². The van der Waals surface area contributed by atoms with Crippen molar-refractivity contribution in [2.75, 3.05) is 0 Å². The van der Waals surface area contributed by atoms with Crippen LogP contribution in [0.1, 0.15) is 22.5 Å². The molecule has 1 N–H and O–H groups in total. The first-order valence-electron chi connectivity index (χ1n) is 5.37. The van der Waals surface area contributed by atoms with E-state index in [1.165, 1.54) is 11.1 Å². The molecule has 0 radical (unpaired) electrons. The molecule has 0 fully saturated rings. The molecular weight excluding hydrogens is 200 g/mol. The molecule has 0 spiro atoms. The molecule has 3 heteroatoms. The van der Waals surface area contributed by atoms with Gasteiger partial charge in [0, 0.05) is 13.5 Å². The molecule has 0 aliphatic rings. The molecule has 0 saturated heterocycles. The summed E-state index contributed by atoms with van der Waals surface area (Å²) < 4.78 is 1.73. The highest BCUT2D eigenvalue weighted by Crippen LogP contribution is 2.11. The smallest absolute Gasteiger partial charge is 0.0849 e. The second-order valence-corrected chi connectivity index (χ2v) is 4.07. The van der Waals surface area contributed by atoms with E-state index in [2.05, 4.69) is 36.3 Å². The minimum Gasteiger partial charge on any atom is -0.390 e. The fourth-order valence-electron chi connectivity index (χ4n) is 1.72. The molecule has 0 unspecified atom stereocenters. The van der Waals surface area contributed by atoms with Gasteiger partial charge in [-0.25, -0.2) is 0 Å². The summed E-state index contributed by atoms with van der Waals surface area (Å²) in [6.07, 6.45) is 0.814. The Morgan fingerprint density at radius 2 is 1.94 bits per heavy atom. The van der Waals surface area contributed by atoms with E-state index in [0.717, 1.165) is 17.8 Å². The Kier molecular flexibility index (Phi) is 3.06. The molecule has 2 aromatic rings. The van der Waals surface area contributed by atoms with Gasteiger partial charge in [-0.05, 0) is 18.6 Å². The first-order valence-corrected chi connectivity index (χ1v) is 5.37. The normalized spacial score (nSPS) is 10.7. The summed E-state index contributed by atoms with van der Waals surface area (Å²) in [5, 5.41) is 13.4. The van der Waals surface area contributed by atoms with Crippen LogP contribution in [0.3, 0.4) is 0 Å². The number of benzene rings is 1. The largest absolute Gasteiger partial charge is 0.390 e. The van der Waals surface area contributed by atoms with Crippen molar-refractivity contribution in [2.24, 2.45) is 7.05 Å². The second kappa shape index (κ2) is 4.49. The fourth-order valence-corrected chi connectivity index (χ4v) is 1.72. The lowest BCUT2D eigenvalue weighted by atomic mass is 10.1. The van der Waals surface area contributed by atoms with Crippen LogP contribution in [-0.4, -0.2) is 14.9 Å². The molecule has 1 aromatic carbocycles. The Labute approximate surface area is 95.3 Å². The van der Waals surface area contributed by atoms with Crippen molar-refractivity contribution < 1.29 is 5.11 Å². The standard InChI is InChI=1S/C13H16N2O/c1-10-3-5-11(6-4-10)7-12-8-13(9-16)15(2)14-12/h3-6,8,16H,7,9H2,1-2H3. The molecule has 0 aliphatic heterocycles. The van der Waals surface area contributed by atoms with Crippen molar-refractivity contribution in [3.05, 3.63) is 52.8 Å². The summed E-state index contributed by atoms with van der Waals surface area (Å²) in [6, 6.07) is 10.4. The second-order valence-electron chi connectivity index (χ2n) is 4.07. The maximum Gasteiger partial charge on any atom is 0.0849 e. The van der Waals surface area contributed by atoms with Crippen molar-refractivity contribution >= 4 is 0 Å². The van der Waals surface area contributed by atoms with Crippen LogP contribution < -0.4 is 0 Å². The lowest BCUT2D eigenvalue weighted by molar-refractivity contribution is 0.270. The van der Waals surface area contributed by atoms with Gasteiger partial charge >= 0.3 is 0 Å². The molecule has 2 rings (SSSR count). The SMILES string of the molecule is Cc1ccc(Cc2cc(CO)n(C)n2)cc1. The quantitative estimate of drug-likeness (QED) is 0.849. The Hall–Kier alpha value is -1.61. The van der Waals surface area contributed by atoms with Crippen LogP contribution >= 0.6 is 0 Å². The molecule has 0 bridgehead atoms. The topological polar surface area (TPSA) is 38.0 Å². The van der Waals surface area contributed by atoms with E-state index in [1.54, 1.807) is 4.68 Å². The van der Waals surface area contributed by atoms with Gasteiger partial charge in [-0.2, -0.15) is 5.10 Å². The van der Waals surface area contributed by atoms with Gasteiger partial charge in [0.25, 0.3) is 0 Å².